The first-order valence-electron chi connectivity index (χ1n) is 8.23. The highest BCUT2D eigenvalue weighted by molar-refractivity contribution is 7.93. The summed E-state index contributed by atoms with van der Waals surface area (Å²) >= 11 is 0. The average molecular weight is 439 g/mol. The fourth-order valence-electron chi connectivity index (χ4n) is 2.92. The van der Waals surface area contributed by atoms with Gasteiger partial charge in [-0.15, -0.1) is 0 Å². The molecular formula is C18H13F4N5O2S. The zero-order valence-corrected chi connectivity index (χ0v) is 16.3. The van der Waals surface area contributed by atoms with E-state index < -0.39 is 44.7 Å². The van der Waals surface area contributed by atoms with Crippen molar-refractivity contribution in [3.05, 3.63) is 70.1 Å². The second-order valence-electron chi connectivity index (χ2n) is 6.30. The third-order valence-electron chi connectivity index (χ3n) is 4.25. The van der Waals surface area contributed by atoms with Gasteiger partial charge < -0.3 is 4.90 Å². The number of anilines is 2. The maximum absolute atomic E-state index is 14.3. The highest BCUT2D eigenvalue weighted by atomic mass is 32.2. The van der Waals surface area contributed by atoms with Crippen molar-refractivity contribution in [2.75, 3.05) is 23.7 Å². The van der Waals surface area contributed by atoms with Gasteiger partial charge in [-0.05, 0) is 17.7 Å². The van der Waals surface area contributed by atoms with Gasteiger partial charge in [-0.2, -0.15) is 0 Å². The van der Waals surface area contributed by atoms with E-state index >= 15 is 0 Å². The lowest BCUT2D eigenvalue weighted by molar-refractivity contribution is 0.463. The van der Waals surface area contributed by atoms with Gasteiger partial charge in [-0.1, -0.05) is 29.4 Å². The maximum Gasteiger partial charge on any atom is 0.262 e. The summed E-state index contributed by atoms with van der Waals surface area (Å²) in [6.07, 6.45) is 0. The van der Waals surface area contributed by atoms with E-state index in [1.165, 1.54) is 18.2 Å². The predicted octanol–water partition coefficient (Wildman–Crippen LogP) is 5.20. The predicted molar refractivity (Wildman–Crippen MR) is 104 cm³/mol. The van der Waals surface area contributed by atoms with Crippen molar-refractivity contribution in [1.29, 1.82) is 0 Å². The first-order chi connectivity index (χ1) is 14.1. The average Bonchev–Trinajstić information content (AvgIpc) is 2.72. The molecule has 156 valence electrons. The van der Waals surface area contributed by atoms with Crippen molar-refractivity contribution in [3.8, 4) is 0 Å². The minimum atomic E-state index is -4.67. The van der Waals surface area contributed by atoms with Gasteiger partial charge in [-0.3, -0.25) is 4.72 Å². The monoisotopic (exact) mass is 439 g/mol. The van der Waals surface area contributed by atoms with Crippen LogP contribution < -0.4 is 9.62 Å². The van der Waals surface area contributed by atoms with Gasteiger partial charge in [0.05, 0.1) is 4.90 Å². The second kappa shape index (κ2) is 7.73. The van der Waals surface area contributed by atoms with E-state index in [4.69, 9.17) is 5.53 Å². The zero-order chi connectivity index (χ0) is 22.2. The lowest BCUT2D eigenvalue weighted by Crippen LogP contribution is -2.17. The molecule has 0 unspecified atom stereocenters. The van der Waals surface area contributed by atoms with E-state index in [9.17, 15) is 26.0 Å². The molecule has 0 spiro atoms. The topological polar surface area (TPSA) is 98.2 Å². The number of sulfonamides is 1. The van der Waals surface area contributed by atoms with Crippen molar-refractivity contribution in [2.45, 2.75) is 4.90 Å². The van der Waals surface area contributed by atoms with E-state index in [0.29, 0.717) is 11.1 Å². The van der Waals surface area contributed by atoms with Crippen molar-refractivity contribution >= 4 is 37.9 Å². The third kappa shape index (κ3) is 3.46. The maximum atomic E-state index is 14.3. The standard InChI is InChI=1S/C18H13F4N5O2S/c1-27(2)11-7-3-6-10-9(11)5-4-8-12(10)30(28,29)25-18-15(21)13(19)17(24-26-23)14(20)16(18)22/h3-8,25H,1-2H3. The van der Waals surface area contributed by atoms with Crippen molar-refractivity contribution < 1.29 is 26.0 Å². The molecule has 0 aliphatic heterocycles. The molecule has 3 aromatic rings. The highest BCUT2D eigenvalue weighted by Gasteiger charge is 2.29. The summed E-state index contributed by atoms with van der Waals surface area (Å²) in [4.78, 5) is 3.47. The number of nitrogens with one attached hydrogen (secondary N) is 1. The Labute approximate surface area is 168 Å². The summed E-state index contributed by atoms with van der Waals surface area (Å²) < 4.78 is 83.7. The van der Waals surface area contributed by atoms with Crippen LogP contribution in [0.5, 0.6) is 0 Å². The Morgan fingerprint density at radius 3 is 2.07 bits per heavy atom. The van der Waals surface area contributed by atoms with E-state index in [-0.39, 0.29) is 10.3 Å². The summed E-state index contributed by atoms with van der Waals surface area (Å²) in [5, 5.41) is 3.31. The molecule has 0 amide bonds. The molecule has 0 heterocycles. The van der Waals surface area contributed by atoms with Crippen LogP contribution in [0.3, 0.4) is 0 Å². The Balaban J connectivity index is 2.20. The molecule has 0 saturated carbocycles. The Hall–Kier alpha value is -3.50. The fraction of sp³-hybridized carbons (Fsp3) is 0.111. The molecule has 30 heavy (non-hydrogen) atoms. The van der Waals surface area contributed by atoms with Crippen LogP contribution in [0.4, 0.5) is 34.6 Å². The van der Waals surface area contributed by atoms with E-state index in [1.807, 2.05) is 0 Å². The number of fused-ring (bicyclic) bond motifs is 1. The molecule has 3 rings (SSSR count). The van der Waals surface area contributed by atoms with Gasteiger partial charge >= 0.3 is 0 Å². The smallest absolute Gasteiger partial charge is 0.262 e. The van der Waals surface area contributed by atoms with Gasteiger partial charge in [0.1, 0.15) is 11.4 Å². The zero-order valence-electron chi connectivity index (χ0n) is 15.5. The fourth-order valence-corrected chi connectivity index (χ4v) is 4.20. The normalized spacial score (nSPS) is 11.3. The Morgan fingerprint density at radius 1 is 0.933 bits per heavy atom. The lowest BCUT2D eigenvalue weighted by atomic mass is 10.1. The molecular weight excluding hydrogens is 426 g/mol. The molecule has 0 aromatic heterocycles. The number of halogens is 4. The van der Waals surface area contributed by atoms with Crippen LogP contribution in [-0.2, 0) is 10.0 Å². The molecule has 1 N–H and O–H groups in total. The van der Waals surface area contributed by atoms with Crippen LogP contribution in [-0.4, -0.2) is 22.5 Å². The van der Waals surface area contributed by atoms with Gasteiger partial charge in [0, 0.05) is 35.5 Å². The molecule has 3 aromatic carbocycles. The minimum Gasteiger partial charge on any atom is -0.377 e. The van der Waals surface area contributed by atoms with Crippen LogP contribution >= 0.6 is 0 Å². The van der Waals surface area contributed by atoms with Gasteiger partial charge in [0.2, 0.25) is 0 Å². The van der Waals surface area contributed by atoms with Crippen LogP contribution in [0, 0.1) is 23.3 Å². The molecule has 12 heteroatoms. The highest BCUT2D eigenvalue weighted by Crippen LogP contribution is 2.36. The van der Waals surface area contributed by atoms with Crippen molar-refractivity contribution in [3.63, 3.8) is 0 Å². The first kappa shape index (κ1) is 21.2. The number of nitrogens with zero attached hydrogens (tertiary/aromatic N) is 4. The lowest BCUT2D eigenvalue weighted by Gasteiger charge is -2.17. The Kier molecular flexibility index (Phi) is 5.47. The number of benzene rings is 3. The van der Waals surface area contributed by atoms with Gasteiger partial charge in [-0.25, -0.2) is 26.0 Å². The molecule has 0 radical (unpaired) electrons. The van der Waals surface area contributed by atoms with Crippen LogP contribution in [0.15, 0.2) is 46.4 Å². The first-order valence-corrected chi connectivity index (χ1v) is 9.71. The minimum absolute atomic E-state index is 0.226. The SMILES string of the molecule is CN(C)c1cccc2c(S(=O)(=O)Nc3c(F)c(F)c(N=[N+]=[N-])c(F)c3F)cccc12. The van der Waals surface area contributed by atoms with Gasteiger partial charge in [0.25, 0.3) is 10.0 Å². The van der Waals surface area contributed by atoms with Crippen molar-refractivity contribution in [2.24, 2.45) is 5.11 Å². The molecule has 0 aliphatic rings. The molecule has 0 fully saturated rings. The summed E-state index contributed by atoms with van der Waals surface area (Å²) in [6, 6.07) is 9.06. The number of rotatable bonds is 5. The van der Waals surface area contributed by atoms with E-state index in [1.54, 1.807) is 41.9 Å². The molecule has 7 nitrogen and oxygen atoms in total. The Bertz CT molecular complexity index is 1290. The van der Waals surface area contributed by atoms with Crippen LogP contribution in [0.1, 0.15) is 0 Å². The third-order valence-corrected chi connectivity index (χ3v) is 5.66. The molecule has 0 atom stereocenters. The number of hydrogen-bond acceptors (Lipinski definition) is 4. The summed E-state index contributed by atoms with van der Waals surface area (Å²) in [6.45, 7) is 0. The Morgan fingerprint density at radius 2 is 1.50 bits per heavy atom. The summed E-state index contributed by atoms with van der Waals surface area (Å²) in [5.74, 6) is -8.15. The van der Waals surface area contributed by atoms with Gasteiger partial charge in [0.15, 0.2) is 23.3 Å². The largest absolute Gasteiger partial charge is 0.377 e. The quantitative estimate of drug-likeness (QED) is 0.194. The van der Waals surface area contributed by atoms with E-state index in [2.05, 4.69) is 10.0 Å². The second-order valence-corrected chi connectivity index (χ2v) is 7.95. The molecule has 0 aliphatic carbocycles. The number of azide groups is 1. The van der Waals surface area contributed by atoms with Crippen LogP contribution in [0.2, 0.25) is 0 Å². The number of hydrogen-bond donors (Lipinski definition) is 1. The van der Waals surface area contributed by atoms with Crippen molar-refractivity contribution in [1.82, 2.24) is 0 Å². The summed E-state index contributed by atoms with van der Waals surface area (Å²) in [5.41, 5.74) is 5.85. The molecule has 0 bridgehead atoms. The summed E-state index contributed by atoms with van der Waals surface area (Å²) in [7, 11) is -1.18. The molecule has 0 saturated heterocycles. The van der Waals surface area contributed by atoms with Crippen LogP contribution in [0.25, 0.3) is 21.2 Å². The van der Waals surface area contributed by atoms with E-state index in [0.717, 1.165) is 0 Å².